The molecule has 0 saturated carbocycles. The monoisotopic (exact) mass is 872 g/mol. The molecule has 0 radical (unpaired) electrons. The summed E-state index contributed by atoms with van der Waals surface area (Å²) in [4.78, 5) is 37.6. The van der Waals surface area contributed by atoms with Crippen molar-refractivity contribution in [1.29, 1.82) is 0 Å². The summed E-state index contributed by atoms with van der Waals surface area (Å²) in [5.74, 6) is -0.949. The molecule has 11 nitrogen and oxygen atoms in total. The Balaban J connectivity index is 4.41. The van der Waals surface area contributed by atoms with E-state index in [4.69, 9.17) is 18.5 Å². The van der Waals surface area contributed by atoms with Gasteiger partial charge in [-0.3, -0.25) is 14.2 Å². The smallest absolute Gasteiger partial charge is 0.306 e. The number of aliphatic hydroxyl groups is 2. The van der Waals surface area contributed by atoms with Gasteiger partial charge in [0.2, 0.25) is 0 Å². The second kappa shape index (κ2) is 40.0. The second-order valence-corrected chi connectivity index (χ2v) is 18.8. The van der Waals surface area contributed by atoms with Crippen LogP contribution in [0.2, 0.25) is 0 Å². The van der Waals surface area contributed by atoms with Gasteiger partial charge in [0.1, 0.15) is 19.8 Å². The standard InChI is InChI=1S/C48H90NO10P/c1-6-8-10-12-14-15-16-17-18-19-20-21-22-23-24-25-26-30-35-39-48(53)59-44(43-58-60(54,55)57-41-40-49(3,4)5)42-56-47(52)38-34-31-27-29-33-37-46(51)45(50)36-32-28-13-11-9-7-2/h14-15,17-18,28,32,44-46,50-51H,6-13,16,19-27,29-31,33-43H2,1-5H3/b15-14-,18-17-,32-28-/t44-,45-,46-/m1/s1. The summed E-state index contributed by atoms with van der Waals surface area (Å²) in [7, 11) is 1.08. The number of nitrogens with zero attached hydrogens (tertiary/aromatic N) is 1. The number of hydrogen-bond donors (Lipinski definition) is 2. The van der Waals surface area contributed by atoms with Crippen molar-refractivity contribution >= 4 is 19.8 Å². The number of allylic oxidation sites excluding steroid dienone is 5. The lowest BCUT2D eigenvalue weighted by molar-refractivity contribution is -0.870. The van der Waals surface area contributed by atoms with Crippen LogP contribution < -0.4 is 4.89 Å². The Labute approximate surface area is 367 Å². The predicted molar refractivity (Wildman–Crippen MR) is 243 cm³/mol. The fourth-order valence-corrected chi connectivity index (χ4v) is 7.14. The second-order valence-electron chi connectivity index (χ2n) is 17.4. The SMILES string of the molecule is CCCCC/C=C\C/C=C\CCCCCCCCCCCC(=O)O[C@H](COC(=O)CCCCCCC[C@@H](O)[C@H](O)C/C=C\CCCCC)COP(=O)([O-])OCC[N+](C)(C)C. The molecule has 0 aliphatic rings. The molecular formula is C48H90NO10P. The van der Waals surface area contributed by atoms with Crippen LogP contribution in [0.4, 0.5) is 0 Å². The van der Waals surface area contributed by atoms with Crippen LogP contribution in [0.5, 0.6) is 0 Å². The first-order valence-electron chi connectivity index (χ1n) is 23.9. The van der Waals surface area contributed by atoms with Crippen LogP contribution in [-0.2, 0) is 32.7 Å². The van der Waals surface area contributed by atoms with E-state index in [1.54, 1.807) is 0 Å². The fraction of sp³-hybridized carbons (Fsp3) is 0.833. The fourth-order valence-electron chi connectivity index (χ4n) is 6.41. The Morgan fingerprint density at radius 2 is 1.08 bits per heavy atom. The lowest BCUT2D eigenvalue weighted by Crippen LogP contribution is -2.37. The van der Waals surface area contributed by atoms with Gasteiger partial charge in [-0.05, 0) is 70.6 Å². The zero-order valence-electron chi connectivity index (χ0n) is 38.9. The lowest BCUT2D eigenvalue weighted by Gasteiger charge is -2.28. The summed E-state index contributed by atoms with van der Waals surface area (Å²) < 4.78 is 33.9. The third-order valence-corrected chi connectivity index (χ3v) is 11.3. The van der Waals surface area contributed by atoms with Crippen molar-refractivity contribution in [2.45, 2.75) is 212 Å². The molecule has 0 aliphatic carbocycles. The molecule has 60 heavy (non-hydrogen) atoms. The number of likely N-dealkylation sites (N-methyl/N-ethyl adjacent to an activating group) is 1. The highest BCUT2D eigenvalue weighted by Crippen LogP contribution is 2.38. The van der Waals surface area contributed by atoms with Crippen molar-refractivity contribution in [3.63, 3.8) is 0 Å². The van der Waals surface area contributed by atoms with Crippen LogP contribution in [0.3, 0.4) is 0 Å². The zero-order valence-corrected chi connectivity index (χ0v) is 39.8. The van der Waals surface area contributed by atoms with Gasteiger partial charge < -0.3 is 38.1 Å². The first kappa shape index (κ1) is 58.1. The number of carbonyl (C=O) groups is 2. The number of carbonyl (C=O) groups excluding carboxylic acids is 2. The molecule has 0 saturated heterocycles. The van der Waals surface area contributed by atoms with E-state index in [1.165, 1.54) is 70.6 Å². The molecule has 1 unspecified atom stereocenters. The van der Waals surface area contributed by atoms with E-state index in [-0.39, 0.29) is 26.1 Å². The maximum Gasteiger partial charge on any atom is 0.306 e. The van der Waals surface area contributed by atoms with E-state index in [2.05, 4.69) is 44.2 Å². The van der Waals surface area contributed by atoms with Crippen molar-refractivity contribution in [1.82, 2.24) is 0 Å². The molecule has 4 atom stereocenters. The van der Waals surface area contributed by atoms with Crippen molar-refractivity contribution in [3.8, 4) is 0 Å². The van der Waals surface area contributed by atoms with Gasteiger partial charge in [0.05, 0.1) is 40.0 Å². The summed E-state index contributed by atoms with van der Waals surface area (Å²) in [6, 6.07) is 0. The molecule has 0 aromatic rings. The maximum absolute atomic E-state index is 12.7. The van der Waals surface area contributed by atoms with Gasteiger partial charge in [-0.2, -0.15) is 0 Å². The molecule has 0 rings (SSSR count). The Morgan fingerprint density at radius 3 is 1.63 bits per heavy atom. The van der Waals surface area contributed by atoms with E-state index >= 15 is 0 Å². The number of hydrogen-bond acceptors (Lipinski definition) is 10. The molecule has 12 heteroatoms. The van der Waals surface area contributed by atoms with Gasteiger partial charge in [-0.25, -0.2) is 0 Å². The first-order valence-corrected chi connectivity index (χ1v) is 25.3. The van der Waals surface area contributed by atoms with Crippen LogP contribution in [0.25, 0.3) is 0 Å². The van der Waals surface area contributed by atoms with E-state index < -0.39 is 44.7 Å². The molecule has 0 amide bonds. The van der Waals surface area contributed by atoms with Gasteiger partial charge in [0.15, 0.2) is 6.10 Å². The molecule has 0 fully saturated rings. The van der Waals surface area contributed by atoms with Gasteiger partial charge in [0, 0.05) is 12.8 Å². The molecule has 352 valence electrons. The molecular weight excluding hydrogens is 781 g/mol. The van der Waals surface area contributed by atoms with Crippen LogP contribution in [0.1, 0.15) is 194 Å². The van der Waals surface area contributed by atoms with E-state index in [0.29, 0.717) is 36.7 Å². The minimum Gasteiger partial charge on any atom is -0.756 e. The Kier molecular flexibility index (Phi) is 38.7. The number of esters is 2. The Bertz CT molecular complexity index is 1150. The van der Waals surface area contributed by atoms with Crippen LogP contribution >= 0.6 is 7.82 Å². The van der Waals surface area contributed by atoms with Crippen LogP contribution in [0, 0.1) is 0 Å². The topological polar surface area (TPSA) is 152 Å². The van der Waals surface area contributed by atoms with Gasteiger partial charge >= 0.3 is 11.9 Å². The van der Waals surface area contributed by atoms with Crippen molar-refractivity contribution in [2.24, 2.45) is 0 Å². The predicted octanol–water partition coefficient (Wildman–Crippen LogP) is 11.0. The minimum atomic E-state index is -4.66. The van der Waals surface area contributed by atoms with E-state index in [1.807, 2.05) is 27.2 Å². The molecule has 2 N–H and O–H groups in total. The van der Waals surface area contributed by atoms with Crippen molar-refractivity contribution in [2.75, 3.05) is 47.5 Å². The molecule has 0 aliphatic heterocycles. The number of unbranched alkanes of at least 4 members (excludes halogenated alkanes) is 19. The summed E-state index contributed by atoms with van der Waals surface area (Å²) in [6.07, 6.45) is 37.6. The third kappa shape index (κ3) is 41.5. The summed E-state index contributed by atoms with van der Waals surface area (Å²) >= 11 is 0. The summed E-state index contributed by atoms with van der Waals surface area (Å²) in [5, 5.41) is 20.5. The molecule has 0 spiro atoms. The maximum atomic E-state index is 12.7. The number of aliphatic hydroxyl groups excluding tert-OH is 2. The number of phosphoric ester groups is 1. The number of phosphoric acid groups is 1. The normalized spacial score (nSPS) is 14.9. The number of rotatable bonds is 43. The highest BCUT2D eigenvalue weighted by atomic mass is 31.2. The zero-order chi connectivity index (χ0) is 44.6. The largest absolute Gasteiger partial charge is 0.756 e. The van der Waals surface area contributed by atoms with Crippen molar-refractivity contribution in [3.05, 3.63) is 36.5 Å². The highest BCUT2D eigenvalue weighted by molar-refractivity contribution is 7.45. The van der Waals surface area contributed by atoms with Gasteiger partial charge in [-0.1, -0.05) is 147 Å². The number of quaternary nitrogens is 1. The molecule has 0 aromatic heterocycles. The summed E-state index contributed by atoms with van der Waals surface area (Å²) in [5.41, 5.74) is 0. The summed E-state index contributed by atoms with van der Waals surface area (Å²) in [6.45, 7) is 3.97. The Morgan fingerprint density at radius 1 is 0.600 bits per heavy atom. The van der Waals surface area contributed by atoms with Gasteiger partial charge in [-0.15, -0.1) is 0 Å². The number of ether oxygens (including phenoxy) is 2. The average Bonchev–Trinajstić information content (AvgIpc) is 3.19. The molecule has 0 bridgehead atoms. The van der Waals surface area contributed by atoms with E-state index in [9.17, 15) is 29.3 Å². The van der Waals surface area contributed by atoms with Crippen LogP contribution in [0.15, 0.2) is 36.5 Å². The quantitative estimate of drug-likeness (QED) is 0.0199. The van der Waals surface area contributed by atoms with E-state index in [0.717, 1.165) is 70.6 Å². The van der Waals surface area contributed by atoms with Crippen LogP contribution in [-0.4, -0.2) is 92.5 Å². The minimum absolute atomic E-state index is 0.0573. The third-order valence-electron chi connectivity index (χ3n) is 10.3. The average molecular weight is 872 g/mol. The van der Waals surface area contributed by atoms with Crippen molar-refractivity contribution < 1.29 is 52.3 Å². The lowest BCUT2D eigenvalue weighted by atomic mass is 10.0. The molecule has 0 aromatic carbocycles. The highest BCUT2D eigenvalue weighted by Gasteiger charge is 2.22. The van der Waals surface area contributed by atoms with Gasteiger partial charge in [0.25, 0.3) is 7.82 Å². The Hall–Kier alpha value is -1.85. The first-order chi connectivity index (χ1) is 28.8. The molecule has 0 heterocycles.